The molecule has 1 aliphatic carbocycles. The summed E-state index contributed by atoms with van der Waals surface area (Å²) in [6, 6.07) is 7.43. The predicted molar refractivity (Wildman–Crippen MR) is 144 cm³/mol. The van der Waals surface area contributed by atoms with Gasteiger partial charge in [0.15, 0.2) is 0 Å². The third-order valence-corrected chi connectivity index (χ3v) is 7.06. The van der Waals surface area contributed by atoms with Crippen molar-refractivity contribution in [3.63, 3.8) is 0 Å². The molecular weight excluding hydrogens is 510 g/mol. The van der Waals surface area contributed by atoms with Crippen molar-refractivity contribution in [1.82, 2.24) is 15.5 Å². The van der Waals surface area contributed by atoms with E-state index in [2.05, 4.69) is 22.8 Å². The van der Waals surface area contributed by atoms with Gasteiger partial charge >= 0.3 is 12.2 Å². The van der Waals surface area contributed by atoms with E-state index in [4.69, 9.17) is 25.8 Å². The van der Waals surface area contributed by atoms with E-state index in [0.29, 0.717) is 31.9 Å². The normalized spacial score (nSPS) is 22.6. The zero-order chi connectivity index (χ0) is 27.1. The second kappa shape index (κ2) is 13.1. The Bertz CT molecular complexity index is 1090. The molecule has 1 aromatic carbocycles. The molecule has 2 amide bonds. The number of nitrogens with one attached hydrogen (secondary N) is 2. The maximum absolute atomic E-state index is 12.9. The number of amides is 2. The fourth-order valence-corrected chi connectivity index (χ4v) is 5.20. The Morgan fingerprint density at radius 2 is 2.00 bits per heavy atom. The van der Waals surface area contributed by atoms with Gasteiger partial charge in [-0.05, 0) is 49.1 Å². The maximum Gasteiger partial charge on any atom is 0.410 e. The van der Waals surface area contributed by atoms with Gasteiger partial charge in [0.25, 0.3) is 0 Å². The van der Waals surface area contributed by atoms with Gasteiger partial charge in [0.2, 0.25) is 0 Å². The number of hydrogen-bond donors (Lipinski definition) is 3. The third kappa shape index (κ3) is 6.63. The van der Waals surface area contributed by atoms with Gasteiger partial charge in [-0.15, -0.1) is 0 Å². The smallest absolute Gasteiger partial charge is 0.410 e. The second-order valence-electron chi connectivity index (χ2n) is 9.47. The summed E-state index contributed by atoms with van der Waals surface area (Å²) in [7, 11) is 0. The summed E-state index contributed by atoms with van der Waals surface area (Å²) in [6.45, 7) is 5.30. The van der Waals surface area contributed by atoms with Crippen molar-refractivity contribution >= 4 is 23.8 Å². The molecule has 0 bridgehead atoms. The lowest BCUT2D eigenvalue weighted by molar-refractivity contribution is 0.0922. The molecule has 4 rings (SSSR count). The summed E-state index contributed by atoms with van der Waals surface area (Å²) in [6.07, 6.45) is 6.28. The predicted octanol–water partition coefficient (Wildman–Crippen LogP) is 4.39. The largest absolute Gasteiger partial charge is 0.493 e. The van der Waals surface area contributed by atoms with Crippen LogP contribution in [0.2, 0.25) is 0 Å². The standard InChI is InChI=1S/C28H36ClN3O6/c1-3-14-38-27(34)30-17-20(33)12-15-37-21-8-5-18(6-9-21)26-25-22(11-13-32(26)28(35)36-4-2)23-16-19(29)7-10-24(23)31-25/h5-10,16,20,23-24,26,31,33H,3-4,11-15,17H2,1-2H3,(H,30,34)/t20?,23?,24?,26-/m0/s1. The Kier molecular flexibility index (Phi) is 9.58. The highest BCUT2D eigenvalue weighted by Gasteiger charge is 2.43. The van der Waals surface area contributed by atoms with Gasteiger partial charge in [0, 0.05) is 36.2 Å². The molecule has 0 saturated heterocycles. The van der Waals surface area contributed by atoms with Crippen LogP contribution < -0.4 is 15.4 Å². The molecule has 3 aliphatic rings. The number of aliphatic hydroxyl groups is 1. The van der Waals surface area contributed by atoms with Crippen molar-refractivity contribution in [3.05, 3.63) is 64.4 Å². The van der Waals surface area contributed by atoms with Crippen LogP contribution in [-0.4, -0.2) is 67.2 Å². The molecule has 0 aromatic heterocycles. The first-order valence-corrected chi connectivity index (χ1v) is 13.6. The number of ether oxygens (including phenoxy) is 3. The number of nitrogens with zero attached hydrogens (tertiary/aromatic N) is 1. The SMILES string of the molecule is CCCOC(=O)NCC(O)CCOc1ccc([C@H]2C3=C(CCN2C(=O)OCC)C2C=C(Cl)C=CC2N3)cc1. The van der Waals surface area contributed by atoms with E-state index in [-0.39, 0.29) is 37.2 Å². The minimum absolute atomic E-state index is 0.0955. The van der Waals surface area contributed by atoms with E-state index < -0.39 is 12.2 Å². The summed E-state index contributed by atoms with van der Waals surface area (Å²) >= 11 is 6.30. The van der Waals surface area contributed by atoms with Crippen molar-refractivity contribution in [2.45, 2.75) is 51.3 Å². The van der Waals surface area contributed by atoms with Crippen molar-refractivity contribution in [2.75, 3.05) is 32.9 Å². The molecule has 4 atom stereocenters. The van der Waals surface area contributed by atoms with Gasteiger partial charge in [-0.1, -0.05) is 42.8 Å². The lowest BCUT2D eigenvalue weighted by Crippen LogP contribution is -2.42. The molecule has 3 N–H and O–H groups in total. The van der Waals surface area contributed by atoms with Gasteiger partial charge in [-0.2, -0.15) is 0 Å². The van der Waals surface area contributed by atoms with E-state index in [1.807, 2.05) is 37.3 Å². The molecule has 0 radical (unpaired) electrons. The molecule has 10 heteroatoms. The minimum Gasteiger partial charge on any atom is -0.493 e. The molecule has 2 heterocycles. The van der Waals surface area contributed by atoms with E-state index in [0.717, 1.165) is 29.1 Å². The Labute approximate surface area is 228 Å². The Hall–Kier alpha value is -3.17. The lowest BCUT2D eigenvalue weighted by atomic mass is 9.85. The third-order valence-electron chi connectivity index (χ3n) is 6.80. The summed E-state index contributed by atoms with van der Waals surface area (Å²) in [5.74, 6) is 0.820. The van der Waals surface area contributed by atoms with Crippen LogP contribution in [0.5, 0.6) is 5.75 Å². The molecule has 9 nitrogen and oxygen atoms in total. The van der Waals surface area contributed by atoms with Crippen molar-refractivity contribution in [2.24, 2.45) is 5.92 Å². The second-order valence-corrected chi connectivity index (χ2v) is 9.90. The van der Waals surface area contributed by atoms with Gasteiger partial charge in [-0.25, -0.2) is 9.59 Å². The van der Waals surface area contributed by atoms with E-state index in [1.54, 1.807) is 11.8 Å². The number of halogens is 1. The molecule has 1 aromatic rings. The first-order chi connectivity index (χ1) is 18.4. The number of aliphatic hydroxyl groups excluding tert-OH is 1. The lowest BCUT2D eigenvalue weighted by Gasteiger charge is -2.37. The number of carbonyl (C=O) groups excluding carboxylic acids is 2. The van der Waals surface area contributed by atoms with E-state index >= 15 is 0 Å². The van der Waals surface area contributed by atoms with Crippen molar-refractivity contribution < 1.29 is 28.9 Å². The van der Waals surface area contributed by atoms with Gasteiger partial charge in [0.1, 0.15) is 11.8 Å². The summed E-state index contributed by atoms with van der Waals surface area (Å²) in [4.78, 5) is 26.1. The van der Waals surface area contributed by atoms with Crippen LogP contribution in [0.15, 0.2) is 58.8 Å². The van der Waals surface area contributed by atoms with Crippen LogP contribution in [-0.2, 0) is 9.47 Å². The average molecular weight is 546 g/mol. The Morgan fingerprint density at radius 3 is 2.74 bits per heavy atom. The molecule has 2 aliphatic heterocycles. The van der Waals surface area contributed by atoms with Crippen LogP contribution >= 0.6 is 11.6 Å². The van der Waals surface area contributed by atoms with Gasteiger partial charge < -0.3 is 30.0 Å². The number of alkyl carbamates (subject to hydrolysis) is 1. The molecular formula is C28H36ClN3O6. The zero-order valence-corrected chi connectivity index (χ0v) is 22.6. The molecule has 0 fully saturated rings. The molecule has 38 heavy (non-hydrogen) atoms. The number of benzene rings is 1. The maximum atomic E-state index is 12.9. The zero-order valence-electron chi connectivity index (χ0n) is 21.8. The first-order valence-electron chi connectivity index (χ1n) is 13.2. The Balaban J connectivity index is 1.40. The molecule has 0 saturated carbocycles. The number of carbonyl (C=O) groups is 2. The van der Waals surface area contributed by atoms with E-state index in [9.17, 15) is 14.7 Å². The highest BCUT2D eigenvalue weighted by molar-refractivity contribution is 6.31. The van der Waals surface area contributed by atoms with Crippen LogP contribution in [0.4, 0.5) is 9.59 Å². The van der Waals surface area contributed by atoms with Crippen LogP contribution in [0, 0.1) is 5.92 Å². The summed E-state index contributed by atoms with van der Waals surface area (Å²) < 4.78 is 16.1. The van der Waals surface area contributed by atoms with Gasteiger partial charge in [-0.3, -0.25) is 4.90 Å². The fraction of sp³-hybridized carbons (Fsp3) is 0.500. The van der Waals surface area contributed by atoms with E-state index in [1.165, 1.54) is 5.57 Å². The topological polar surface area (TPSA) is 109 Å². The molecule has 206 valence electrons. The minimum atomic E-state index is -0.747. The number of rotatable bonds is 10. The van der Waals surface area contributed by atoms with Crippen LogP contribution in [0.25, 0.3) is 0 Å². The van der Waals surface area contributed by atoms with Crippen molar-refractivity contribution in [1.29, 1.82) is 0 Å². The summed E-state index contributed by atoms with van der Waals surface area (Å²) in [5, 5.41) is 17.0. The van der Waals surface area contributed by atoms with Crippen LogP contribution in [0.3, 0.4) is 0 Å². The van der Waals surface area contributed by atoms with Crippen LogP contribution in [0.1, 0.15) is 44.7 Å². The highest BCUT2D eigenvalue weighted by Crippen LogP contribution is 2.44. The highest BCUT2D eigenvalue weighted by atomic mass is 35.5. The summed E-state index contributed by atoms with van der Waals surface area (Å²) in [5.41, 5.74) is 3.23. The van der Waals surface area contributed by atoms with Crippen molar-refractivity contribution in [3.8, 4) is 5.75 Å². The quantitative estimate of drug-likeness (QED) is 0.400. The van der Waals surface area contributed by atoms with Gasteiger partial charge in [0.05, 0.1) is 32.0 Å². The monoisotopic (exact) mass is 545 g/mol. The Morgan fingerprint density at radius 1 is 1.21 bits per heavy atom. The molecule has 0 spiro atoms. The molecule has 3 unspecified atom stereocenters. The fourth-order valence-electron chi connectivity index (χ4n) is 4.99. The first kappa shape index (κ1) is 27.9. The number of fused-ring (bicyclic) bond motifs is 2. The number of hydrogen-bond acceptors (Lipinski definition) is 7. The number of allylic oxidation sites excluding steroid dienone is 2. The average Bonchev–Trinajstić information content (AvgIpc) is 3.28.